The average Bonchev–Trinajstić information content (AvgIpc) is 3.02. The van der Waals surface area contributed by atoms with Crippen molar-refractivity contribution >= 4 is 5.69 Å². The van der Waals surface area contributed by atoms with Crippen LogP contribution in [0.1, 0.15) is 11.4 Å². The lowest BCUT2D eigenvalue weighted by molar-refractivity contribution is -0.385. The smallest absolute Gasteiger partial charge is 0.272 e. The number of tetrazole rings is 1. The highest BCUT2D eigenvalue weighted by Gasteiger charge is 2.12. The lowest BCUT2D eigenvalue weighted by atomic mass is 10.2. The highest BCUT2D eigenvalue weighted by atomic mass is 16.6. The molecule has 1 heterocycles. The van der Waals surface area contributed by atoms with Gasteiger partial charge in [-0.05, 0) is 41.6 Å². The number of nitrogens with zero attached hydrogens (tertiary/aromatic N) is 5. The zero-order valence-electron chi connectivity index (χ0n) is 12.3. The van der Waals surface area contributed by atoms with Gasteiger partial charge in [-0.15, -0.1) is 5.10 Å². The van der Waals surface area contributed by atoms with Crippen molar-refractivity contribution in [2.75, 3.05) is 0 Å². The van der Waals surface area contributed by atoms with Gasteiger partial charge in [0.05, 0.1) is 10.6 Å². The zero-order chi connectivity index (χ0) is 16.2. The molecule has 0 aliphatic heterocycles. The van der Waals surface area contributed by atoms with E-state index < -0.39 is 4.92 Å². The lowest BCUT2D eigenvalue weighted by Crippen LogP contribution is -2.07. The molecule has 0 unspecified atom stereocenters. The number of ether oxygens (including phenoxy) is 1. The third kappa shape index (κ3) is 3.15. The van der Waals surface area contributed by atoms with Crippen molar-refractivity contribution in [1.82, 2.24) is 20.2 Å². The van der Waals surface area contributed by atoms with Crippen molar-refractivity contribution in [1.29, 1.82) is 0 Å². The normalized spacial score (nSPS) is 10.5. The molecule has 0 aliphatic rings. The summed E-state index contributed by atoms with van der Waals surface area (Å²) >= 11 is 0. The molecular formula is C15H13N5O3. The molecular weight excluding hydrogens is 298 g/mol. The van der Waals surface area contributed by atoms with Crippen molar-refractivity contribution in [2.24, 2.45) is 0 Å². The minimum absolute atomic E-state index is 0.0615. The number of hydrogen-bond acceptors (Lipinski definition) is 6. The Balaban J connectivity index is 1.76. The second kappa shape index (κ2) is 6.22. The van der Waals surface area contributed by atoms with Crippen molar-refractivity contribution < 1.29 is 9.66 Å². The Bertz CT molecular complexity index is 832. The first kappa shape index (κ1) is 14.6. The van der Waals surface area contributed by atoms with E-state index in [2.05, 4.69) is 15.5 Å². The third-order valence-corrected chi connectivity index (χ3v) is 3.27. The van der Waals surface area contributed by atoms with Crippen LogP contribution < -0.4 is 4.74 Å². The number of rotatable bonds is 5. The predicted octanol–water partition coefficient (Wildman–Crippen LogP) is 2.46. The minimum Gasteiger partial charge on any atom is -0.486 e. The number of benzene rings is 2. The fourth-order valence-corrected chi connectivity index (χ4v) is 2.14. The third-order valence-electron chi connectivity index (χ3n) is 3.27. The van der Waals surface area contributed by atoms with Gasteiger partial charge in [0.2, 0.25) is 0 Å². The number of nitro benzene ring substituents is 1. The van der Waals surface area contributed by atoms with E-state index >= 15 is 0 Å². The van der Waals surface area contributed by atoms with Gasteiger partial charge in [-0.2, -0.15) is 4.68 Å². The van der Waals surface area contributed by atoms with E-state index in [0.29, 0.717) is 17.1 Å². The van der Waals surface area contributed by atoms with Crippen molar-refractivity contribution in [2.45, 2.75) is 13.5 Å². The average molecular weight is 311 g/mol. The maximum absolute atomic E-state index is 10.8. The van der Waals surface area contributed by atoms with E-state index in [4.69, 9.17) is 4.74 Å². The van der Waals surface area contributed by atoms with Crippen LogP contribution in [0.25, 0.3) is 5.69 Å². The molecule has 0 fully saturated rings. The van der Waals surface area contributed by atoms with Gasteiger partial charge < -0.3 is 4.74 Å². The first-order valence-corrected chi connectivity index (χ1v) is 6.85. The predicted molar refractivity (Wildman–Crippen MR) is 81.3 cm³/mol. The summed E-state index contributed by atoms with van der Waals surface area (Å²) in [6.07, 6.45) is 0. The Morgan fingerprint density at radius 2 is 2.00 bits per heavy atom. The van der Waals surface area contributed by atoms with Gasteiger partial charge in [-0.25, -0.2) is 0 Å². The Morgan fingerprint density at radius 1 is 1.22 bits per heavy atom. The highest BCUT2D eigenvalue weighted by Crippen LogP contribution is 2.23. The molecule has 0 atom stereocenters. The van der Waals surface area contributed by atoms with E-state index in [1.807, 2.05) is 30.3 Å². The summed E-state index contributed by atoms with van der Waals surface area (Å²) in [7, 11) is 0. The van der Waals surface area contributed by atoms with Gasteiger partial charge >= 0.3 is 0 Å². The van der Waals surface area contributed by atoms with E-state index in [0.717, 1.165) is 5.69 Å². The Kier molecular flexibility index (Phi) is 3.96. The van der Waals surface area contributed by atoms with E-state index in [9.17, 15) is 10.1 Å². The lowest BCUT2D eigenvalue weighted by Gasteiger charge is -2.07. The zero-order valence-corrected chi connectivity index (χ0v) is 12.3. The molecule has 0 amide bonds. The molecule has 0 saturated carbocycles. The van der Waals surface area contributed by atoms with Crippen molar-refractivity contribution in [3.05, 3.63) is 70.0 Å². The highest BCUT2D eigenvalue weighted by molar-refractivity contribution is 5.44. The summed E-state index contributed by atoms with van der Waals surface area (Å²) in [6.45, 7) is 1.82. The molecule has 0 radical (unpaired) electrons. The Morgan fingerprint density at radius 3 is 2.70 bits per heavy atom. The molecule has 1 aromatic heterocycles. The summed E-state index contributed by atoms with van der Waals surface area (Å²) in [4.78, 5) is 10.4. The summed E-state index contributed by atoms with van der Waals surface area (Å²) in [6, 6.07) is 14.1. The van der Waals surface area contributed by atoms with Gasteiger partial charge in [0.1, 0.15) is 12.4 Å². The van der Waals surface area contributed by atoms with Gasteiger partial charge in [-0.3, -0.25) is 10.1 Å². The molecule has 23 heavy (non-hydrogen) atoms. The number of hydrogen-bond donors (Lipinski definition) is 0. The molecule has 3 rings (SSSR count). The van der Waals surface area contributed by atoms with Gasteiger partial charge in [0.15, 0.2) is 5.82 Å². The Labute approximate surface area is 131 Å². The van der Waals surface area contributed by atoms with Crippen LogP contribution in [0.15, 0.2) is 48.5 Å². The van der Waals surface area contributed by atoms with Crippen LogP contribution in [0.3, 0.4) is 0 Å². The van der Waals surface area contributed by atoms with Crippen LogP contribution in [0, 0.1) is 17.0 Å². The summed E-state index contributed by atoms with van der Waals surface area (Å²) < 4.78 is 7.22. The minimum atomic E-state index is -0.422. The molecule has 0 N–H and O–H groups in total. The standard InChI is InChI=1S/C15H13N5O3/c1-11-9-13(7-8-14(11)20(21)22)23-10-15-16-17-18-19(15)12-5-3-2-4-6-12/h2-9H,10H2,1H3. The molecule has 3 aromatic rings. The fourth-order valence-electron chi connectivity index (χ4n) is 2.14. The van der Waals surface area contributed by atoms with Gasteiger partial charge in [-0.1, -0.05) is 18.2 Å². The quantitative estimate of drug-likeness (QED) is 0.530. The molecule has 0 spiro atoms. The van der Waals surface area contributed by atoms with Crippen LogP contribution >= 0.6 is 0 Å². The molecule has 8 nitrogen and oxygen atoms in total. The van der Waals surface area contributed by atoms with Gasteiger partial charge in [0.25, 0.3) is 5.69 Å². The summed E-state index contributed by atoms with van der Waals surface area (Å²) in [5, 5.41) is 22.4. The second-order valence-corrected chi connectivity index (χ2v) is 4.84. The molecule has 0 aliphatic carbocycles. The summed E-state index contributed by atoms with van der Waals surface area (Å²) in [5.41, 5.74) is 1.43. The van der Waals surface area contributed by atoms with Crippen LogP contribution in [0.4, 0.5) is 5.69 Å². The largest absolute Gasteiger partial charge is 0.486 e. The topological polar surface area (TPSA) is 96.0 Å². The molecule has 116 valence electrons. The van der Waals surface area contributed by atoms with Gasteiger partial charge in [0, 0.05) is 11.6 Å². The first-order chi connectivity index (χ1) is 11.1. The van der Waals surface area contributed by atoms with Crippen LogP contribution in [0.2, 0.25) is 0 Å². The maximum atomic E-state index is 10.8. The molecule has 8 heteroatoms. The summed E-state index contributed by atoms with van der Waals surface area (Å²) in [5.74, 6) is 1.06. The van der Waals surface area contributed by atoms with Crippen LogP contribution in [-0.4, -0.2) is 25.1 Å². The number of aromatic nitrogens is 4. The Hall–Kier alpha value is -3.29. The maximum Gasteiger partial charge on any atom is 0.272 e. The van der Waals surface area contributed by atoms with E-state index in [-0.39, 0.29) is 12.3 Å². The van der Waals surface area contributed by atoms with Crippen LogP contribution in [0.5, 0.6) is 5.75 Å². The number of para-hydroxylation sites is 1. The first-order valence-electron chi connectivity index (χ1n) is 6.85. The fraction of sp³-hybridized carbons (Fsp3) is 0.133. The molecule has 0 bridgehead atoms. The van der Waals surface area contributed by atoms with E-state index in [1.165, 1.54) is 6.07 Å². The SMILES string of the molecule is Cc1cc(OCc2nnnn2-c2ccccc2)ccc1[N+](=O)[O-]. The van der Waals surface area contributed by atoms with Crippen molar-refractivity contribution in [3.63, 3.8) is 0 Å². The van der Waals surface area contributed by atoms with Crippen LogP contribution in [-0.2, 0) is 6.61 Å². The monoisotopic (exact) mass is 311 g/mol. The van der Waals surface area contributed by atoms with Crippen molar-refractivity contribution in [3.8, 4) is 11.4 Å². The van der Waals surface area contributed by atoms with E-state index in [1.54, 1.807) is 23.7 Å². The number of nitro groups is 1. The molecule has 2 aromatic carbocycles. The second-order valence-electron chi connectivity index (χ2n) is 4.84. The number of aryl methyl sites for hydroxylation is 1. The molecule has 0 saturated heterocycles.